The van der Waals surface area contributed by atoms with Gasteiger partial charge in [-0.3, -0.25) is 14.5 Å². The van der Waals surface area contributed by atoms with Gasteiger partial charge < -0.3 is 26.0 Å². The van der Waals surface area contributed by atoms with Gasteiger partial charge in [-0.15, -0.1) is 0 Å². The normalized spacial score (nSPS) is 22.9. The number of nitrogens with zero attached hydrogens (tertiary/aromatic N) is 2. The molecule has 4 N–H and O–H groups in total. The molecule has 2 aliphatic rings. The third kappa shape index (κ3) is 9.90. The van der Waals surface area contributed by atoms with E-state index >= 15 is 0 Å². The molecule has 1 aliphatic heterocycles. The number of rotatable bonds is 12. The topological polar surface area (TPSA) is 148 Å². The number of likely N-dealkylation sites (tertiary alicyclic amines) is 1. The summed E-state index contributed by atoms with van der Waals surface area (Å²) in [6, 6.07) is 6.16. The molecule has 3 rings (SSSR count). The van der Waals surface area contributed by atoms with Crippen molar-refractivity contribution in [3.63, 3.8) is 0 Å². The molecule has 2 fully saturated rings. The summed E-state index contributed by atoms with van der Waals surface area (Å²) in [7, 11) is -2.26. The third-order valence-corrected chi connectivity index (χ3v) is 12.0. The van der Waals surface area contributed by atoms with Crippen LogP contribution in [0.5, 0.6) is 0 Å². The Bertz CT molecular complexity index is 1300. The second-order valence-corrected chi connectivity index (χ2v) is 17.5. The number of carbonyl (C=O) groups is 3. The zero-order valence-corrected chi connectivity index (χ0v) is 29.8. The summed E-state index contributed by atoms with van der Waals surface area (Å²) >= 11 is 0. The summed E-state index contributed by atoms with van der Waals surface area (Å²) in [4.78, 5) is 43.9. The van der Waals surface area contributed by atoms with Crippen molar-refractivity contribution in [1.29, 1.82) is 0 Å². The largest absolute Gasteiger partial charge is 0.390 e. The molecule has 46 heavy (non-hydrogen) atoms. The van der Waals surface area contributed by atoms with Gasteiger partial charge in [-0.1, -0.05) is 49.6 Å². The van der Waals surface area contributed by atoms with Crippen LogP contribution >= 0.6 is 0 Å². The van der Waals surface area contributed by atoms with Crippen LogP contribution in [0.25, 0.3) is 0 Å². The summed E-state index contributed by atoms with van der Waals surface area (Å²) in [5.41, 5.74) is 0.459. The first-order chi connectivity index (χ1) is 21.3. The van der Waals surface area contributed by atoms with Crippen molar-refractivity contribution in [3.05, 3.63) is 35.9 Å². The zero-order valence-electron chi connectivity index (χ0n) is 29.0. The molecule has 0 radical (unpaired) electrons. The van der Waals surface area contributed by atoms with Gasteiger partial charge in [0.25, 0.3) is 0 Å². The number of amides is 4. The van der Waals surface area contributed by atoms with Gasteiger partial charge in [0.1, 0.15) is 6.04 Å². The number of nitrogens with one attached hydrogen (secondary N) is 3. The molecule has 1 saturated carbocycles. The maximum absolute atomic E-state index is 14.0. The maximum atomic E-state index is 14.0. The number of benzene rings is 1. The van der Waals surface area contributed by atoms with Gasteiger partial charge in [0.05, 0.1) is 22.9 Å². The van der Waals surface area contributed by atoms with Gasteiger partial charge in [0, 0.05) is 38.5 Å². The van der Waals surface area contributed by atoms with E-state index in [4.69, 9.17) is 0 Å². The minimum Gasteiger partial charge on any atom is -0.390 e. The number of piperidine rings is 1. The van der Waals surface area contributed by atoms with E-state index in [0.717, 1.165) is 43.9 Å². The van der Waals surface area contributed by atoms with Gasteiger partial charge in [-0.2, -0.15) is 0 Å². The van der Waals surface area contributed by atoms with Crippen LogP contribution in [0.3, 0.4) is 0 Å². The molecule has 4 amide bonds. The van der Waals surface area contributed by atoms with Gasteiger partial charge in [0.15, 0.2) is 9.84 Å². The lowest BCUT2D eigenvalue weighted by Crippen LogP contribution is -2.65. The Labute approximate surface area is 276 Å². The highest BCUT2D eigenvalue weighted by Crippen LogP contribution is 2.39. The number of urea groups is 1. The molecule has 11 nitrogen and oxygen atoms in total. The van der Waals surface area contributed by atoms with Crippen LogP contribution in [0.2, 0.25) is 0 Å². The second-order valence-electron chi connectivity index (χ2n) is 14.9. The lowest BCUT2D eigenvalue weighted by molar-refractivity contribution is -0.133. The standard InChI is InChI=1S/C34H57N5O6S/c1-9-38(7)32(43)36-29(34(5,6)46(8,44)45)31(42)35-26(19-23-15-11-10-12-16-23)28(40)22-39-21-25-18-14-13-17-24(25)20-27(39)30(41)37-33(2,3)4/h10-12,15-16,24-29,40H,9,13-14,17-22H2,1-8H3,(H,35,42)(H,36,43)(H,37,41)/t24?,25?,26-,27-,28+,29+/m0/s1. The molecular formula is C34H57N5O6S. The van der Waals surface area contributed by atoms with Crippen molar-refractivity contribution < 1.29 is 27.9 Å². The van der Waals surface area contributed by atoms with Gasteiger partial charge >= 0.3 is 6.03 Å². The Balaban J connectivity index is 1.93. The van der Waals surface area contributed by atoms with E-state index in [1.165, 1.54) is 18.7 Å². The van der Waals surface area contributed by atoms with Crippen molar-refractivity contribution in [2.45, 2.75) is 115 Å². The van der Waals surface area contributed by atoms with Crippen LogP contribution in [0, 0.1) is 11.8 Å². The first-order valence-electron chi connectivity index (χ1n) is 16.6. The minimum absolute atomic E-state index is 0.0647. The number of hydrogen-bond acceptors (Lipinski definition) is 7. The van der Waals surface area contributed by atoms with E-state index in [1.54, 1.807) is 14.0 Å². The highest BCUT2D eigenvalue weighted by atomic mass is 32.2. The first-order valence-corrected chi connectivity index (χ1v) is 18.5. The number of β-amino-alcohol motifs (C(OH)–C–C–N with tert-alkyl or cyclic N) is 1. The summed E-state index contributed by atoms with van der Waals surface area (Å²) in [6.07, 6.45) is 5.43. The number of aliphatic hydroxyl groups is 1. The third-order valence-electron chi connectivity index (χ3n) is 9.82. The van der Waals surface area contributed by atoms with Crippen LogP contribution in [0.4, 0.5) is 4.79 Å². The summed E-state index contributed by atoms with van der Waals surface area (Å²) < 4.78 is 24.1. The molecule has 6 atom stereocenters. The molecule has 12 heteroatoms. The molecule has 260 valence electrons. The number of carbonyl (C=O) groups excluding carboxylic acids is 3. The van der Waals surface area contributed by atoms with Crippen LogP contribution in [0.15, 0.2) is 30.3 Å². The van der Waals surface area contributed by atoms with Gasteiger partial charge in [-0.05, 0) is 78.2 Å². The molecule has 1 aliphatic carbocycles. The summed E-state index contributed by atoms with van der Waals surface area (Å²) in [5.74, 6) is 0.125. The van der Waals surface area contributed by atoms with E-state index in [-0.39, 0.29) is 18.9 Å². The van der Waals surface area contributed by atoms with Crippen molar-refractivity contribution in [3.8, 4) is 0 Å². The quantitative estimate of drug-likeness (QED) is 0.269. The number of aliphatic hydroxyl groups excluding tert-OH is 1. The van der Waals surface area contributed by atoms with E-state index < -0.39 is 56.3 Å². The first kappa shape index (κ1) is 37.8. The smallest absolute Gasteiger partial charge is 0.317 e. The van der Waals surface area contributed by atoms with E-state index in [2.05, 4.69) is 20.9 Å². The highest BCUT2D eigenvalue weighted by molar-refractivity contribution is 7.92. The Morgan fingerprint density at radius 3 is 2.20 bits per heavy atom. The molecule has 1 saturated heterocycles. The summed E-state index contributed by atoms with van der Waals surface area (Å²) in [5, 5.41) is 20.5. The van der Waals surface area contributed by atoms with Crippen molar-refractivity contribution in [1.82, 2.24) is 25.8 Å². The summed E-state index contributed by atoms with van der Waals surface area (Å²) in [6.45, 7) is 11.6. The van der Waals surface area contributed by atoms with Gasteiger partial charge in [-0.25, -0.2) is 13.2 Å². The predicted molar refractivity (Wildman–Crippen MR) is 181 cm³/mol. The fourth-order valence-corrected chi connectivity index (χ4v) is 7.15. The Morgan fingerprint density at radius 1 is 1.02 bits per heavy atom. The molecule has 1 aromatic rings. The average Bonchev–Trinajstić information content (AvgIpc) is 2.97. The maximum Gasteiger partial charge on any atom is 0.317 e. The SMILES string of the molecule is CCN(C)C(=O)N[C@H](C(=O)N[C@@H](Cc1ccccc1)[C@H](O)CN1CC2CCCCC2C[C@H]1C(=O)NC(C)(C)C)C(C)(C)S(C)(=O)=O. The zero-order chi connectivity index (χ0) is 34.4. The predicted octanol–water partition coefficient (Wildman–Crippen LogP) is 2.72. The molecule has 1 heterocycles. The number of hydrogen-bond donors (Lipinski definition) is 4. The molecule has 2 unspecified atom stereocenters. The molecule has 0 bridgehead atoms. The van der Waals surface area contributed by atoms with Gasteiger partial charge in [0.2, 0.25) is 11.8 Å². The fourth-order valence-electron chi connectivity index (χ4n) is 6.56. The number of sulfone groups is 1. The highest BCUT2D eigenvalue weighted by Gasteiger charge is 2.46. The van der Waals surface area contributed by atoms with Crippen molar-refractivity contribution in [2.24, 2.45) is 11.8 Å². The minimum atomic E-state index is -3.81. The molecule has 0 spiro atoms. The Morgan fingerprint density at radius 2 is 1.63 bits per heavy atom. The average molecular weight is 664 g/mol. The van der Waals surface area contributed by atoms with E-state index in [1.807, 2.05) is 51.1 Å². The number of fused-ring (bicyclic) bond motifs is 1. The lowest BCUT2D eigenvalue weighted by Gasteiger charge is -2.47. The Hall–Kier alpha value is -2.70. The fraction of sp³-hybridized carbons (Fsp3) is 0.735. The Kier molecular flexibility index (Phi) is 12.7. The molecular weight excluding hydrogens is 606 g/mol. The lowest BCUT2D eigenvalue weighted by atomic mass is 9.72. The molecule has 0 aromatic heterocycles. The van der Waals surface area contributed by atoms with Crippen molar-refractivity contribution >= 4 is 27.7 Å². The van der Waals surface area contributed by atoms with E-state index in [0.29, 0.717) is 24.9 Å². The van der Waals surface area contributed by atoms with E-state index in [9.17, 15) is 27.9 Å². The molecule has 1 aromatic carbocycles. The van der Waals surface area contributed by atoms with Crippen molar-refractivity contribution in [2.75, 3.05) is 32.9 Å². The van der Waals surface area contributed by atoms with Crippen LogP contribution in [-0.2, 0) is 25.8 Å². The van der Waals surface area contributed by atoms with Crippen LogP contribution < -0.4 is 16.0 Å². The second kappa shape index (κ2) is 15.5. The monoisotopic (exact) mass is 663 g/mol. The van der Waals surface area contributed by atoms with Crippen LogP contribution in [0.1, 0.15) is 79.2 Å². The van der Waals surface area contributed by atoms with Crippen LogP contribution in [-0.4, -0.2) is 109 Å².